The van der Waals surface area contributed by atoms with Crippen molar-refractivity contribution < 1.29 is 9.21 Å². The van der Waals surface area contributed by atoms with Crippen LogP contribution in [0.3, 0.4) is 0 Å². The van der Waals surface area contributed by atoms with Crippen LogP contribution in [0.2, 0.25) is 0 Å². The van der Waals surface area contributed by atoms with Gasteiger partial charge in [-0.1, -0.05) is 0 Å². The molecule has 0 spiro atoms. The van der Waals surface area contributed by atoms with E-state index >= 15 is 0 Å². The third-order valence-corrected chi connectivity index (χ3v) is 3.62. The molecule has 1 aromatic heterocycles. The maximum absolute atomic E-state index is 11.5. The molecule has 1 amide bonds. The Morgan fingerprint density at radius 3 is 2.90 bits per heavy atom. The number of benzene rings is 1. The van der Waals surface area contributed by atoms with E-state index < -0.39 is 0 Å². The lowest BCUT2D eigenvalue weighted by Crippen LogP contribution is -2.25. The normalized spacial score (nSPS) is 13.4. The predicted octanol–water partition coefficient (Wildman–Crippen LogP) is 3.11. The molecule has 0 radical (unpaired) electrons. The van der Waals surface area contributed by atoms with Crippen molar-refractivity contribution in [3.8, 4) is 0 Å². The second-order valence-corrected chi connectivity index (χ2v) is 5.13. The molecule has 0 saturated heterocycles. The van der Waals surface area contributed by atoms with Gasteiger partial charge in [0.2, 0.25) is 5.91 Å². The van der Waals surface area contributed by atoms with E-state index in [0.29, 0.717) is 6.54 Å². The van der Waals surface area contributed by atoms with Crippen molar-refractivity contribution >= 4 is 17.3 Å². The molecule has 1 aliphatic rings. The van der Waals surface area contributed by atoms with E-state index in [1.54, 1.807) is 6.92 Å². The van der Waals surface area contributed by atoms with Gasteiger partial charge in [0.25, 0.3) is 0 Å². The first kappa shape index (κ1) is 12.8. The molecule has 0 unspecified atom stereocenters. The van der Waals surface area contributed by atoms with Gasteiger partial charge in [0, 0.05) is 24.8 Å². The standard InChI is InChI=1S/C16H18N2O2/c1-11-3-5-15(20-11)10-17-14-4-6-16-13(9-14)7-8-18(16)12(2)19/h3-6,9,17H,7-8,10H2,1-2H3. The molecule has 0 atom stereocenters. The monoisotopic (exact) mass is 270 g/mol. The molecule has 0 bridgehead atoms. The fourth-order valence-corrected chi connectivity index (χ4v) is 2.61. The van der Waals surface area contributed by atoms with Crippen LogP contribution in [0.5, 0.6) is 0 Å². The highest BCUT2D eigenvalue weighted by atomic mass is 16.3. The van der Waals surface area contributed by atoms with Crippen molar-refractivity contribution in [3.05, 3.63) is 47.4 Å². The molecule has 1 N–H and O–H groups in total. The second kappa shape index (κ2) is 5.04. The SMILES string of the molecule is CC(=O)N1CCc2cc(NCc3ccc(C)o3)ccc21. The van der Waals surface area contributed by atoms with E-state index in [0.717, 1.165) is 35.9 Å². The van der Waals surface area contributed by atoms with Crippen molar-refractivity contribution in [2.45, 2.75) is 26.8 Å². The first-order valence-corrected chi connectivity index (χ1v) is 6.84. The second-order valence-electron chi connectivity index (χ2n) is 5.13. The van der Waals surface area contributed by atoms with Gasteiger partial charge in [0.1, 0.15) is 11.5 Å². The largest absolute Gasteiger partial charge is 0.465 e. The van der Waals surface area contributed by atoms with Crippen LogP contribution in [0.25, 0.3) is 0 Å². The van der Waals surface area contributed by atoms with E-state index in [1.807, 2.05) is 36.1 Å². The zero-order chi connectivity index (χ0) is 14.1. The van der Waals surface area contributed by atoms with Crippen LogP contribution in [0.15, 0.2) is 34.7 Å². The third kappa shape index (κ3) is 2.41. The van der Waals surface area contributed by atoms with Crippen LogP contribution < -0.4 is 10.2 Å². The zero-order valence-corrected chi connectivity index (χ0v) is 11.8. The summed E-state index contributed by atoms with van der Waals surface area (Å²) < 4.78 is 5.53. The number of fused-ring (bicyclic) bond motifs is 1. The van der Waals surface area contributed by atoms with Gasteiger partial charge in [0.05, 0.1) is 6.54 Å². The molecule has 2 heterocycles. The summed E-state index contributed by atoms with van der Waals surface area (Å²) in [5.41, 5.74) is 3.32. The first-order chi connectivity index (χ1) is 9.63. The quantitative estimate of drug-likeness (QED) is 0.932. The zero-order valence-electron chi connectivity index (χ0n) is 11.8. The fourth-order valence-electron chi connectivity index (χ4n) is 2.61. The lowest BCUT2D eigenvalue weighted by Gasteiger charge is -2.15. The number of carbonyl (C=O) groups is 1. The fraction of sp³-hybridized carbons (Fsp3) is 0.312. The van der Waals surface area contributed by atoms with Crippen LogP contribution in [0.1, 0.15) is 24.0 Å². The molecule has 0 saturated carbocycles. The Kier molecular flexibility index (Phi) is 3.22. The Hall–Kier alpha value is -2.23. The van der Waals surface area contributed by atoms with Gasteiger partial charge in [-0.2, -0.15) is 0 Å². The predicted molar refractivity (Wildman–Crippen MR) is 78.9 cm³/mol. The molecule has 3 rings (SSSR count). The molecule has 0 aliphatic carbocycles. The average Bonchev–Trinajstić information content (AvgIpc) is 3.01. The molecule has 4 nitrogen and oxygen atoms in total. The Morgan fingerprint density at radius 1 is 1.35 bits per heavy atom. The number of nitrogens with zero attached hydrogens (tertiary/aromatic N) is 1. The summed E-state index contributed by atoms with van der Waals surface area (Å²) in [6, 6.07) is 10.1. The number of anilines is 2. The van der Waals surface area contributed by atoms with Gasteiger partial charge < -0.3 is 14.6 Å². The topological polar surface area (TPSA) is 45.5 Å². The number of rotatable bonds is 3. The summed E-state index contributed by atoms with van der Waals surface area (Å²) >= 11 is 0. The summed E-state index contributed by atoms with van der Waals surface area (Å²) in [6.07, 6.45) is 0.921. The minimum Gasteiger partial charge on any atom is -0.465 e. The number of nitrogens with one attached hydrogen (secondary N) is 1. The lowest BCUT2D eigenvalue weighted by atomic mass is 10.1. The third-order valence-electron chi connectivity index (χ3n) is 3.62. The van der Waals surface area contributed by atoms with Crippen molar-refractivity contribution in [2.75, 3.05) is 16.8 Å². The molecule has 0 fully saturated rings. The lowest BCUT2D eigenvalue weighted by molar-refractivity contribution is -0.116. The summed E-state index contributed by atoms with van der Waals surface area (Å²) in [5.74, 6) is 1.96. The number of furan rings is 1. The van der Waals surface area contributed by atoms with Crippen molar-refractivity contribution in [3.63, 3.8) is 0 Å². The van der Waals surface area contributed by atoms with E-state index in [4.69, 9.17) is 4.42 Å². The highest BCUT2D eigenvalue weighted by Gasteiger charge is 2.21. The summed E-state index contributed by atoms with van der Waals surface area (Å²) in [7, 11) is 0. The summed E-state index contributed by atoms with van der Waals surface area (Å²) in [5, 5.41) is 3.35. The minimum atomic E-state index is 0.107. The van der Waals surface area contributed by atoms with Crippen LogP contribution in [0.4, 0.5) is 11.4 Å². The van der Waals surface area contributed by atoms with Gasteiger partial charge in [-0.25, -0.2) is 0 Å². The Labute approximate surface area is 118 Å². The van der Waals surface area contributed by atoms with Gasteiger partial charge in [-0.15, -0.1) is 0 Å². The number of amides is 1. The Bertz CT molecular complexity index is 646. The van der Waals surface area contributed by atoms with Crippen LogP contribution in [-0.4, -0.2) is 12.5 Å². The molecular formula is C16H18N2O2. The molecule has 104 valence electrons. The number of aryl methyl sites for hydroxylation is 1. The smallest absolute Gasteiger partial charge is 0.223 e. The van der Waals surface area contributed by atoms with Gasteiger partial charge in [0.15, 0.2) is 0 Å². The van der Waals surface area contributed by atoms with Gasteiger partial charge >= 0.3 is 0 Å². The first-order valence-electron chi connectivity index (χ1n) is 6.84. The highest BCUT2D eigenvalue weighted by Crippen LogP contribution is 2.30. The molecule has 20 heavy (non-hydrogen) atoms. The molecule has 2 aromatic rings. The number of hydrogen-bond donors (Lipinski definition) is 1. The van der Waals surface area contributed by atoms with Crippen molar-refractivity contribution in [2.24, 2.45) is 0 Å². The summed E-state index contributed by atoms with van der Waals surface area (Å²) in [6.45, 7) is 5.00. The van der Waals surface area contributed by atoms with Gasteiger partial charge in [-0.05, 0) is 49.2 Å². The number of carbonyl (C=O) groups excluding carboxylic acids is 1. The maximum atomic E-state index is 11.5. The van der Waals surface area contributed by atoms with Crippen LogP contribution in [0, 0.1) is 6.92 Å². The molecule has 4 heteroatoms. The van der Waals surface area contributed by atoms with Crippen molar-refractivity contribution in [1.29, 1.82) is 0 Å². The highest BCUT2D eigenvalue weighted by molar-refractivity contribution is 5.94. The van der Waals surface area contributed by atoms with E-state index in [2.05, 4.69) is 11.4 Å². The van der Waals surface area contributed by atoms with Crippen molar-refractivity contribution in [1.82, 2.24) is 0 Å². The Morgan fingerprint density at radius 2 is 2.20 bits per heavy atom. The minimum absolute atomic E-state index is 0.107. The molecular weight excluding hydrogens is 252 g/mol. The van der Waals surface area contributed by atoms with Crippen LogP contribution >= 0.6 is 0 Å². The van der Waals surface area contributed by atoms with E-state index in [-0.39, 0.29) is 5.91 Å². The number of hydrogen-bond acceptors (Lipinski definition) is 3. The Balaban J connectivity index is 1.72. The molecule has 1 aliphatic heterocycles. The average molecular weight is 270 g/mol. The van der Waals surface area contributed by atoms with E-state index in [9.17, 15) is 4.79 Å². The molecule has 1 aromatic carbocycles. The van der Waals surface area contributed by atoms with Gasteiger partial charge in [-0.3, -0.25) is 4.79 Å². The summed E-state index contributed by atoms with van der Waals surface area (Å²) in [4.78, 5) is 13.3. The maximum Gasteiger partial charge on any atom is 0.223 e. The van der Waals surface area contributed by atoms with Crippen LogP contribution in [-0.2, 0) is 17.8 Å². The van der Waals surface area contributed by atoms with E-state index in [1.165, 1.54) is 5.56 Å².